The summed E-state index contributed by atoms with van der Waals surface area (Å²) in [6.07, 6.45) is -1.44. The van der Waals surface area contributed by atoms with Crippen LogP contribution >= 0.6 is 34.8 Å². The Kier molecular flexibility index (Phi) is 4.36. The second-order valence-corrected chi connectivity index (χ2v) is 3.20. The van der Waals surface area contributed by atoms with Crippen LogP contribution in [0.2, 0.25) is 0 Å². The zero-order chi connectivity index (χ0) is 8.31. The molecule has 3 nitrogen and oxygen atoms in total. The quantitative estimate of drug-likeness (QED) is 0.675. The van der Waals surface area contributed by atoms with Gasteiger partial charge in [0.15, 0.2) is 5.38 Å². The van der Waals surface area contributed by atoms with Crippen molar-refractivity contribution in [3.63, 3.8) is 0 Å². The molecule has 2 unspecified atom stereocenters. The number of aliphatic carboxylic acids is 1. The average Bonchev–Trinajstić information content (AvgIpc) is 1.84. The third-order valence-electron chi connectivity index (χ3n) is 0.794. The Labute approximate surface area is 72.5 Å². The fourth-order valence-corrected chi connectivity index (χ4v) is 0.859. The van der Waals surface area contributed by atoms with Gasteiger partial charge in [-0.25, -0.2) is 0 Å². The molecule has 0 amide bonds. The predicted octanol–water partition coefficient (Wildman–Crippen LogP) is 0.843. The van der Waals surface area contributed by atoms with Crippen LogP contribution in [0, 0.1) is 0 Å². The lowest BCUT2D eigenvalue weighted by Gasteiger charge is -2.12. The van der Waals surface area contributed by atoms with E-state index in [0.29, 0.717) is 0 Å². The molecular weight excluding hydrogens is 202 g/mol. The van der Waals surface area contributed by atoms with Crippen LogP contribution in [0.25, 0.3) is 0 Å². The fourth-order valence-electron chi connectivity index (χ4n) is 0.274. The van der Waals surface area contributed by atoms with E-state index < -0.39 is 22.3 Å². The fraction of sp³-hybridized carbons (Fsp3) is 0.750. The van der Waals surface area contributed by atoms with Gasteiger partial charge in [0, 0.05) is 0 Å². The number of aliphatic hydroxyl groups excluding tert-OH is 1. The lowest BCUT2D eigenvalue weighted by Crippen LogP contribution is -2.33. The third-order valence-corrected chi connectivity index (χ3v) is 1.76. The van der Waals surface area contributed by atoms with E-state index in [0.717, 1.165) is 0 Å². The molecule has 60 valence electrons. The Hall–Kier alpha value is 0.300. The molecule has 0 heterocycles. The van der Waals surface area contributed by atoms with Crippen LogP contribution in [0.4, 0.5) is 0 Å². The summed E-state index contributed by atoms with van der Waals surface area (Å²) in [5, 5.41) is 15.5. The van der Waals surface area contributed by atoms with Crippen LogP contribution in [-0.2, 0) is 4.79 Å². The first kappa shape index (κ1) is 10.3. The van der Waals surface area contributed by atoms with Crippen LogP contribution in [0.5, 0.6) is 0 Å². The minimum Gasteiger partial charge on any atom is -0.480 e. The zero-order valence-corrected chi connectivity index (χ0v) is 6.94. The highest BCUT2D eigenvalue weighted by atomic mass is 35.5. The maximum atomic E-state index is 10.0. The second kappa shape index (κ2) is 4.23. The highest BCUT2D eigenvalue weighted by Gasteiger charge is 2.28. The molecule has 2 N–H and O–H groups in total. The molecule has 0 aromatic carbocycles. The molecule has 0 saturated carbocycles. The van der Waals surface area contributed by atoms with Crippen molar-refractivity contribution in [2.24, 2.45) is 0 Å². The summed E-state index contributed by atoms with van der Waals surface area (Å²) in [5.41, 5.74) is 0. The van der Waals surface area contributed by atoms with Gasteiger partial charge in [-0.1, -0.05) is 0 Å². The normalized spacial score (nSPS) is 16.9. The molecule has 0 bridgehead atoms. The van der Waals surface area contributed by atoms with Crippen molar-refractivity contribution in [3.05, 3.63) is 0 Å². The van der Waals surface area contributed by atoms with E-state index in [1.807, 2.05) is 0 Å². The summed E-state index contributed by atoms with van der Waals surface area (Å²) < 4.78 is 0. The monoisotopic (exact) mass is 206 g/mol. The van der Waals surface area contributed by atoms with Crippen molar-refractivity contribution in [1.29, 1.82) is 0 Å². The van der Waals surface area contributed by atoms with Crippen LogP contribution in [0.15, 0.2) is 0 Å². The lowest BCUT2D eigenvalue weighted by atomic mass is 10.3. The molecule has 0 aliphatic rings. The standard InChI is InChI=1S/C4H5Cl3O3/c5-1(4(9)10)2(8)3(6)7/h1-3,8H,(H,9,10). The van der Waals surface area contributed by atoms with Crippen LogP contribution in [0.1, 0.15) is 0 Å². The number of carboxylic acids is 1. The number of aliphatic hydroxyl groups is 1. The van der Waals surface area contributed by atoms with E-state index in [1.54, 1.807) is 0 Å². The Morgan fingerprint density at radius 3 is 1.80 bits per heavy atom. The number of hydrogen-bond donors (Lipinski definition) is 2. The first-order valence-electron chi connectivity index (χ1n) is 2.30. The summed E-state index contributed by atoms with van der Waals surface area (Å²) >= 11 is 15.4. The molecule has 0 aliphatic heterocycles. The van der Waals surface area contributed by atoms with E-state index in [2.05, 4.69) is 0 Å². The number of hydrogen-bond acceptors (Lipinski definition) is 2. The van der Waals surface area contributed by atoms with E-state index in [1.165, 1.54) is 0 Å². The Balaban J connectivity index is 3.94. The minimum absolute atomic E-state index is 1.18. The smallest absolute Gasteiger partial charge is 0.324 e. The molecule has 10 heavy (non-hydrogen) atoms. The highest BCUT2D eigenvalue weighted by molar-refractivity contribution is 6.45. The van der Waals surface area contributed by atoms with Crippen molar-refractivity contribution in [2.75, 3.05) is 0 Å². The first-order chi connectivity index (χ1) is 4.46. The van der Waals surface area contributed by atoms with Crippen LogP contribution in [-0.4, -0.2) is 32.5 Å². The van der Waals surface area contributed by atoms with Gasteiger partial charge in [0.25, 0.3) is 0 Å². The number of carbonyl (C=O) groups is 1. The van der Waals surface area contributed by atoms with Gasteiger partial charge in [0.1, 0.15) is 10.9 Å². The molecule has 2 atom stereocenters. The van der Waals surface area contributed by atoms with E-state index >= 15 is 0 Å². The Bertz CT molecular complexity index is 127. The van der Waals surface area contributed by atoms with Gasteiger partial charge in [0.2, 0.25) is 0 Å². The average molecular weight is 207 g/mol. The van der Waals surface area contributed by atoms with E-state index in [-0.39, 0.29) is 0 Å². The van der Waals surface area contributed by atoms with Crippen molar-refractivity contribution in [3.8, 4) is 0 Å². The van der Waals surface area contributed by atoms with Gasteiger partial charge in [-0.15, -0.1) is 34.8 Å². The Morgan fingerprint density at radius 2 is 1.70 bits per heavy atom. The van der Waals surface area contributed by atoms with Gasteiger partial charge in [-0.3, -0.25) is 4.79 Å². The molecule has 0 aromatic rings. The molecule has 0 fully saturated rings. The SMILES string of the molecule is O=C(O)C(Cl)C(O)C(Cl)Cl. The van der Waals surface area contributed by atoms with Crippen LogP contribution < -0.4 is 0 Å². The number of alkyl halides is 3. The highest BCUT2D eigenvalue weighted by Crippen LogP contribution is 2.15. The molecule has 0 radical (unpaired) electrons. The lowest BCUT2D eigenvalue weighted by molar-refractivity contribution is -0.138. The van der Waals surface area contributed by atoms with Crippen molar-refractivity contribution in [2.45, 2.75) is 16.3 Å². The Morgan fingerprint density at radius 1 is 1.30 bits per heavy atom. The molecular formula is C4H5Cl3O3. The van der Waals surface area contributed by atoms with Gasteiger partial charge in [-0.2, -0.15) is 0 Å². The summed E-state index contributed by atoms with van der Waals surface area (Å²) in [4.78, 5) is 8.85. The number of carboxylic acid groups (broad SMARTS) is 1. The zero-order valence-electron chi connectivity index (χ0n) is 4.67. The summed E-state index contributed by atoms with van der Waals surface area (Å²) in [5.74, 6) is -1.35. The summed E-state index contributed by atoms with van der Waals surface area (Å²) in [6, 6.07) is 0. The molecule has 0 aromatic heterocycles. The molecule has 0 saturated heterocycles. The molecule has 0 spiro atoms. The first-order valence-corrected chi connectivity index (χ1v) is 3.61. The van der Waals surface area contributed by atoms with Gasteiger partial charge in [-0.05, 0) is 0 Å². The van der Waals surface area contributed by atoms with Crippen molar-refractivity contribution < 1.29 is 15.0 Å². The molecule has 6 heteroatoms. The van der Waals surface area contributed by atoms with Crippen LogP contribution in [0.3, 0.4) is 0 Å². The topological polar surface area (TPSA) is 57.5 Å². The number of halogens is 3. The van der Waals surface area contributed by atoms with Crippen molar-refractivity contribution >= 4 is 40.8 Å². The summed E-state index contributed by atoms with van der Waals surface area (Å²) in [6.45, 7) is 0. The van der Waals surface area contributed by atoms with Gasteiger partial charge < -0.3 is 10.2 Å². The molecule has 0 aliphatic carbocycles. The van der Waals surface area contributed by atoms with E-state index in [4.69, 9.17) is 45.0 Å². The maximum Gasteiger partial charge on any atom is 0.324 e. The predicted molar refractivity (Wildman–Crippen MR) is 38.8 cm³/mol. The second-order valence-electron chi connectivity index (χ2n) is 1.57. The number of rotatable bonds is 3. The molecule has 0 rings (SSSR count). The maximum absolute atomic E-state index is 10.0. The minimum atomic E-state index is -1.46. The van der Waals surface area contributed by atoms with Gasteiger partial charge in [0.05, 0.1) is 0 Å². The van der Waals surface area contributed by atoms with Crippen molar-refractivity contribution in [1.82, 2.24) is 0 Å². The summed E-state index contributed by atoms with van der Waals surface area (Å²) in [7, 11) is 0. The largest absolute Gasteiger partial charge is 0.480 e. The third kappa shape index (κ3) is 2.92. The van der Waals surface area contributed by atoms with Gasteiger partial charge >= 0.3 is 5.97 Å². The van der Waals surface area contributed by atoms with E-state index in [9.17, 15) is 4.79 Å².